The lowest BCUT2D eigenvalue weighted by Crippen LogP contribution is -2.37. The maximum Gasteiger partial charge on any atom is 0.293 e. The highest BCUT2D eigenvalue weighted by Gasteiger charge is 2.34. The molecule has 0 atom stereocenters. The van der Waals surface area contributed by atoms with Crippen LogP contribution in [0.15, 0.2) is 82.6 Å². The van der Waals surface area contributed by atoms with Crippen molar-refractivity contribution in [1.29, 1.82) is 0 Å². The fourth-order valence-electron chi connectivity index (χ4n) is 3.26. The molecule has 0 aromatic heterocycles. The van der Waals surface area contributed by atoms with E-state index in [1.165, 1.54) is 18.2 Å². The van der Waals surface area contributed by atoms with Gasteiger partial charge in [-0.05, 0) is 65.9 Å². The summed E-state index contributed by atoms with van der Waals surface area (Å²) in [5, 5.41) is 2.98. The van der Waals surface area contributed by atoms with E-state index in [1.807, 2.05) is 36.4 Å². The molecule has 0 spiro atoms. The minimum absolute atomic E-state index is 0.0286. The van der Waals surface area contributed by atoms with Gasteiger partial charge in [-0.3, -0.25) is 19.3 Å². The summed E-state index contributed by atoms with van der Waals surface area (Å²) >= 11 is 8.33. The third-order valence-corrected chi connectivity index (χ3v) is 7.36. The van der Waals surface area contributed by atoms with Gasteiger partial charge in [0.05, 0.1) is 4.91 Å². The average Bonchev–Trinajstić information content (AvgIpc) is 3.12. The standard InChI is InChI=1S/C26H20ClFN2O3S2/c27-20-9-11-21(12-10-20)34-16-17-5-7-18(8-6-17)24(31)29-13-14-30-25(32)23(35-26(30)33)15-19-3-1-2-4-22(19)28/h1-12,15H,13-14,16H2,(H,29,31). The molecule has 4 rings (SSSR count). The zero-order valence-corrected chi connectivity index (χ0v) is 20.8. The Morgan fingerprint density at radius 3 is 2.46 bits per heavy atom. The smallest absolute Gasteiger partial charge is 0.293 e. The lowest BCUT2D eigenvalue weighted by molar-refractivity contribution is -0.122. The molecular formula is C26H20ClFN2O3S2. The van der Waals surface area contributed by atoms with Gasteiger partial charge >= 0.3 is 0 Å². The Morgan fingerprint density at radius 1 is 1.03 bits per heavy atom. The number of halogens is 2. The summed E-state index contributed by atoms with van der Waals surface area (Å²) in [7, 11) is 0. The van der Waals surface area contributed by atoms with Gasteiger partial charge in [-0.2, -0.15) is 0 Å². The molecular weight excluding hydrogens is 507 g/mol. The molecule has 1 aliphatic heterocycles. The van der Waals surface area contributed by atoms with E-state index in [0.717, 1.165) is 32.9 Å². The summed E-state index contributed by atoms with van der Waals surface area (Å²) in [5.41, 5.74) is 1.79. The second kappa shape index (κ2) is 11.6. The van der Waals surface area contributed by atoms with E-state index >= 15 is 0 Å². The number of hydrogen-bond donors (Lipinski definition) is 1. The molecule has 0 radical (unpaired) electrons. The van der Waals surface area contributed by atoms with Crippen molar-refractivity contribution in [1.82, 2.24) is 10.2 Å². The average molecular weight is 527 g/mol. The van der Waals surface area contributed by atoms with Crippen LogP contribution in [0.3, 0.4) is 0 Å². The minimum atomic E-state index is -0.500. The molecule has 3 aromatic rings. The highest BCUT2D eigenvalue weighted by molar-refractivity contribution is 8.18. The molecule has 1 saturated heterocycles. The molecule has 1 fully saturated rings. The van der Waals surface area contributed by atoms with Crippen molar-refractivity contribution in [2.75, 3.05) is 13.1 Å². The molecule has 1 aliphatic rings. The van der Waals surface area contributed by atoms with Crippen LogP contribution >= 0.6 is 35.1 Å². The Bertz CT molecular complexity index is 1280. The van der Waals surface area contributed by atoms with Crippen molar-refractivity contribution in [3.63, 3.8) is 0 Å². The first-order valence-corrected chi connectivity index (χ1v) is 12.8. The zero-order valence-electron chi connectivity index (χ0n) is 18.4. The van der Waals surface area contributed by atoms with Crippen LogP contribution in [0.25, 0.3) is 6.08 Å². The van der Waals surface area contributed by atoms with Gasteiger partial charge in [0, 0.05) is 39.9 Å². The molecule has 3 amide bonds. The van der Waals surface area contributed by atoms with Crippen LogP contribution in [0.1, 0.15) is 21.5 Å². The summed E-state index contributed by atoms with van der Waals surface area (Å²) < 4.78 is 13.9. The lowest BCUT2D eigenvalue weighted by atomic mass is 10.1. The fourth-order valence-corrected chi connectivity index (χ4v) is 5.10. The van der Waals surface area contributed by atoms with Gasteiger partial charge in [-0.15, -0.1) is 11.8 Å². The monoisotopic (exact) mass is 526 g/mol. The molecule has 9 heteroatoms. The molecule has 1 N–H and O–H groups in total. The summed E-state index contributed by atoms with van der Waals surface area (Å²) in [4.78, 5) is 39.6. The van der Waals surface area contributed by atoms with Crippen molar-refractivity contribution < 1.29 is 18.8 Å². The molecule has 178 valence electrons. The van der Waals surface area contributed by atoms with E-state index in [4.69, 9.17) is 11.6 Å². The van der Waals surface area contributed by atoms with E-state index in [1.54, 1.807) is 36.0 Å². The first-order chi connectivity index (χ1) is 16.9. The lowest BCUT2D eigenvalue weighted by Gasteiger charge is -2.13. The fraction of sp³-hybridized carbons (Fsp3) is 0.115. The van der Waals surface area contributed by atoms with Crippen molar-refractivity contribution >= 4 is 58.3 Å². The van der Waals surface area contributed by atoms with Gasteiger partial charge in [0.15, 0.2) is 0 Å². The van der Waals surface area contributed by atoms with E-state index in [-0.39, 0.29) is 29.5 Å². The number of nitrogens with zero attached hydrogens (tertiary/aromatic N) is 1. The van der Waals surface area contributed by atoms with Gasteiger partial charge < -0.3 is 5.32 Å². The Kier molecular flexibility index (Phi) is 8.28. The molecule has 0 unspecified atom stereocenters. The zero-order chi connectivity index (χ0) is 24.8. The Morgan fingerprint density at radius 2 is 1.74 bits per heavy atom. The van der Waals surface area contributed by atoms with Crippen LogP contribution in [0, 0.1) is 5.82 Å². The summed E-state index contributed by atoms with van der Waals surface area (Å²) in [6, 6.07) is 20.9. The van der Waals surface area contributed by atoms with E-state index in [2.05, 4.69) is 5.32 Å². The number of amides is 3. The van der Waals surface area contributed by atoms with Gasteiger partial charge in [-0.25, -0.2) is 4.39 Å². The van der Waals surface area contributed by atoms with Gasteiger partial charge in [0.2, 0.25) is 0 Å². The van der Waals surface area contributed by atoms with E-state index < -0.39 is 17.0 Å². The highest BCUT2D eigenvalue weighted by atomic mass is 35.5. The largest absolute Gasteiger partial charge is 0.350 e. The molecule has 0 bridgehead atoms. The summed E-state index contributed by atoms with van der Waals surface area (Å²) in [6.45, 7) is 0.138. The topological polar surface area (TPSA) is 66.5 Å². The predicted octanol–water partition coefficient (Wildman–Crippen LogP) is 6.24. The third kappa shape index (κ3) is 6.54. The second-order valence-corrected chi connectivity index (χ2v) is 10.0. The number of hydrogen-bond acceptors (Lipinski definition) is 5. The minimum Gasteiger partial charge on any atom is -0.350 e. The molecule has 1 heterocycles. The third-order valence-electron chi connectivity index (χ3n) is 5.12. The van der Waals surface area contributed by atoms with Crippen LogP contribution in [0.2, 0.25) is 5.02 Å². The number of nitrogens with one attached hydrogen (secondary N) is 1. The molecule has 0 saturated carbocycles. The maximum atomic E-state index is 13.9. The summed E-state index contributed by atoms with van der Waals surface area (Å²) in [5.74, 6) is -0.514. The van der Waals surface area contributed by atoms with E-state index in [0.29, 0.717) is 10.6 Å². The maximum absolute atomic E-state index is 13.9. The first-order valence-electron chi connectivity index (χ1n) is 10.7. The number of carbonyl (C=O) groups is 3. The Labute approximate surface area is 215 Å². The number of benzene rings is 3. The van der Waals surface area contributed by atoms with Gasteiger partial charge in [0.1, 0.15) is 5.82 Å². The van der Waals surface area contributed by atoms with Crippen LogP contribution in [-0.2, 0) is 10.5 Å². The first kappa shape index (κ1) is 25.0. The van der Waals surface area contributed by atoms with Crippen LogP contribution in [-0.4, -0.2) is 35.0 Å². The quantitative estimate of drug-likeness (QED) is 0.278. The van der Waals surface area contributed by atoms with Crippen LogP contribution < -0.4 is 5.32 Å². The summed E-state index contributed by atoms with van der Waals surface area (Å²) in [6.07, 6.45) is 1.37. The Balaban J connectivity index is 1.27. The SMILES string of the molecule is O=C(NCCN1C(=O)SC(=Cc2ccccc2F)C1=O)c1ccc(CSc2ccc(Cl)cc2)cc1. The van der Waals surface area contributed by atoms with Crippen LogP contribution in [0.5, 0.6) is 0 Å². The number of imide groups is 1. The number of rotatable bonds is 8. The molecule has 35 heavy (non-hydrogen) atoms. The molecule has 0 aliphatic carbocycles. The number of carbonyl (C=O) groups excluding carboxylic acids is 3. The second-order valence-electron chi connectivity index (χ2n) is 7.55. The van der Waals surface area contributed by atoms with Gasteiger partial charge in [-0.1, -0.05) is 41.9 Å². The predicted molar refractivity (Wildman–Crippen MR) is 139 cm³/mol. The normalized spacial score (nSPS) is 14.6. The molecule has 5 nitrogen and oxygen atoms in total. The van der Waals surface area contributed by atoms with E-state index in [9.17, 15) is 18.8 Å². The molecule has 3 aromatic carbocycles. The van der Waals surface area contributed by atoms with Crippen molar-refractivity contribution in [2.45, 2.75) is 10.6 Å². The van der Waals surface area contributed by atoms with Crippen molar-refractivity contribution in [2.24, 2.45) is 0 Å². The Hall–Kier alpha value is -3.07. The number of thioether (sulfide) groups is 2. The van der Waals surface area contributed by atoms with Crippen molar-refractivity contribution in [3.8, 4) is 0 Å². The highest BCUT2D eigenvalue weighted by Crippen LogP contribution is 2.32. The van der Waals surface area contributed by atoms with Crippen molar-refractivity contribution in [3.05, 3.63) is 105 Å². The van der Waals surface area contributed by atoms with Crippen LogP contribution in [0.4, 0.5) is 9.18 Å². The van der Waals surface area contributed by atoms with Gasteiger partial charge in [0.25, 0.3) is 17.1 Å².